The lowest BCUT2D eigenvalue weighted by atomic mass is 10.4. The molecule has 10 heavy (non-hydrogen) atoms. The van der Waals surface area contributed by atoms with E-state index in [0.717, 1.165) is 6.42 Å². The van der Waals surface area contributed by atoms with E-state index in [-0.39, 0.29) is 17.1 Å². The van der Waals surface area contributed by atoms with Gasteiger partial charge in [0, 0.05) is 6.92 Å². The summed E-state index contributed by atoms with van der Waals surface area (Å²) in [5, 5.41) is 0. The molecular formula is C6H9BrO3. The minimum atomic E-state index is -0.377. The van der Waals surface area contributed by atoms with Gasteiger partial charge in [0.1, 0.15) is 0 Å². The molecule has 58 valence electrons. The Kier molecular flexibility index (Phi) is 2.68. The van der Waals surface area contributed by atoms with Crippen molar-refractivity contribution in [3.63, 3.8) is 0 Å². The topological polar surface area (TPSA) is 35.5 Å². The maximum Gasteiger partial charge on any atom is 0.304 e. The summed E-state index contributed by atoms with van der Waals surface area (Å²) in [4.78, 5) is 10.6. The van der Waals surface area contributed by atoms with Crippen molar-refractivity contribution in [2.24, 2.45) is 0 Å². The molecule has 1 rings (SSSR count). The average molecular weight is 209 g/mol. The van der Waals surface area contributed by atoms with Gasteiger partial charge < -0.3 is 9.47 Å². The molecule has 0 aliphatic carbocycles. The van der Waals surface area contributed by atoms with Crippen LogP contribution in [0.1, 0.15) is 13.3 Å². The molecule has 1 aliphatic heterocycles. The first-order chi connectivity index (χ1) is 4.70. The van der Waals surface area contributed by atoms with E-state index in [9.17, 15) is 4.79 Å². The van der Waals surface area contributed by atoms with Crippen LogP contribution in [0.2, 0.25) is 0 Å². The van der Waals surface area contributed by atoms with E-state index in [1.165, 1.54) is 6.92 Å². The average Bonchev–Trinajstić information content (AvgIpc) is 2.15. The molecule has 1 fully saturated rings. The van der Waals surface area contributed by atoms with Gasteiger partial charge in [-0.25, -0.2) is 0 Å². The fraction of sp³-hybridized carbons (Fsp3) is 0.833. The first kappa shape index (κ1) is 8.01. The fourth-order valence-electron chi connectivity index (χ4n) is 0.809. The summed E-state index contributed by atoms with van der Waals surface area (Å²) in [5.74, 6) is -0.295. The molecule has 4 heteroatoms. The molecule has 0 spiro atoms. The first-order valence-electron chi connectivity index (χ1n) is 3.13. The van der Waals surface area contributed by atoms with Crippen molar-refractivity contribution in [1.82, 2.24) is 0 Å². The highest BCUT2D eigenvalue weighted by Gasteiger charge is 2.28. The van der Waals surface area contributed by atoms with Crippen LogP contribution in [-0.4, -0.2) is 23.7 Å². The Hall–Kier alpha value is -0.0900. The summed E-state index contributed by atoms with van der Waals surface area (Å²) in [5.41, 5.74) is 0. The van der Waals surface area contributed by atoms with E-state index in [1.807, 2.05) is 0 Å². The summed E-state index contributed by atoms with van der Waals surface area (Å²) in [6.07, 6.45) is 0.523. The SMILES string of the molecule is CC(=O)O[C@@H]1OCC[C@H]1Br. The van der Waals surface area contributed by atoms with Gasteiger partial charge in [-0.1, -0.05) is 15.9 Å². The minimum Gasteiger partial charge on any atom is -0.435 e. The lowest BCUT2D eigenvalue weighted by molar-refractivity contribution is -0.166. The molecule has 0 aromatic carbocycles. The van der Waals surface area contributed by atoms with Crippen LogP contribution in [0.15, 0.2) is 0 Å². The molecule has 1 heterocycles. The number of esters is 1. The summed E-state index contributed by atoms with van der Waals surface area (Å²) < 4.78 is 9.90. The minimum absolute atomic E-state index is 0.163. The second kappa shape index (κ2) is 3.34. The molecule has 0 saturated carbocycles. The highest BCUT2D eigenvalue weighted by molar-refractivity contribution is 9.09. The zero-order valence-electron chi connectivity index (χ0n) is 5.67. The van der Waals surface area contributed by atoms with Crippen LogP contribution < -0.4 is 0 Å². The van der Waals surface area contributed by atoms with Gasteiger partial charge in [0.25, 0.3) is 0 Å². The van der Waals surface area contributed by atoms with Crippen LogP contribution >= 0.6 is 15.9 Å². The quantitative estimate of drug-likeness (QED) is 0.478. The van der Waals surface area contributed by atoms with Gasteiger partial charge in [-0.3, -0.25) is 4.79 Å². The van der Waals surface area contributed by atoms with Crippen molar-refractivity contribution in [3.8, 4) is 0 Å². The number of rotatable bonds is 1. The molecule has 1 aliphatic rings. The predicted octanol–water partition coefficient (Wildman–Crippen LogP) is 1.06. The van der Waals surface area contributed by atoms with Crippen molar-refractivity contribution >= 4 is 21.9 Å². The Morgan fingerprint density at radius 1 is 1.80 bits per heavy atom. The molecule has 0 radical (unpaired) electrons. The second-order valence-electron chi connectivity index (χ2n) is 2.15. The number of hydrogen-bond donors (Lipinski definition) is 0. The van der Waals surface area contributed by atoms with E-state index in [4.69, 9.17) is 9.47 Å². The number of carbonyl (C=O) groups is 1. The van der Waals surface area contributed by atoms with Crippen LogP contribution in [0.4, 0.5) is 0 Å². The molecule has 0 aromatic rings. The van der Waals surface area contributed by atoms with Crippen molar-refractivity contribution in [3.05, 3.63) is 0 Å². The van der Waals surface area contributed by atoms with Gasteiger partial charge in [-0.05, 0) is 6.42 Å². The second-order valence-corrected chi connectivity index (χ2v) is 3.33. The summed E-state index contributed by atoms with van der Waals surface area (Å²) in [6.45, 7) is 2.04. The van der Waals surface area contributed by atoms with Gasteiger partial charge in [-0.2, -0.15) is 0 Å². The van der Waals surface area contributed by atoms with E-state index in [0.29, 0.717) is 6.61 Å². The molecular weight excluding hydrogens is 200 g/mol. The largest absolute Gasteiger partial charge is 0.435 e. The third-order valence-electron chi connectivity index (χ3n) is 1.25. The Morgan fingerprint density at radius 3 is 2.90 bits per heavy atom. The van der Waals surface area contributed by atoms with Gasteiger partial charge in [0.2, 0.25) is 6.29 Å². The molecule has 2 atom stereocenters. The monoisotopic (exact) mass is 208 g/mol. The van der Waals surface area contributed by atoms with Crippen LogP contribution in [-0.2, 0) is 14.3 Å². The summed E-state index contributed by atoms with van der Waals surface area (Å²) >= 11 is 3.33. The molecule has 0 N–H and O–H groups in total. The Balaban J connectivity index is 2.33. The zero-order chi connectivity index (χ0) is 7.56. The highest BCUT2D eigenvalue weighted by Crippen LogP contribution is 2.21. The first-order valence-corrected chi connectivity index (χ1v) is 4.04. The molecule has 0 amide bonds. The van der Waals surface area contributed by atoms with E-state index >= 15 is 0 Å². The lowest BCUT2D eigenvalue weighted by Gasteiger charge is -2.11. The molecule has 0 aromatic heterocycles. The van der Waals surface area contributed by atoms with E-state index < -0.39 is 0 Å². The number of ether oxygens (including phenoxy) is 2. The van der Waals surface area contributed by atoms with Gasteiger partial charge in [0.05, 0.1) is 11.4 Å². The van der Waals surface area contributed by atoms with Gasteiger partial charge in [-0.15, -0.1) is 0 Å². The van der Waals surface area contributed by atoms with Crippen LogP contribution in [0.3, 0.4) is 0 Å². The normalized spacial score (nSPS) is 32.2. The van der Waals surface area contributed by atoms with Crippen molar-refractivity contribution in [1.29, 1.82) is 0 Å². The van der Waals surface area contributed by atoms with E-state index in [1.54, 1.807) is 0 Å². The molecule has 0 bridgehead atoms. The number of carbonyl (C=O) groups excluding carboxylic acids is 1. The standard InChI is InChI=1S/C6H9BrO3/c1-4(8)10-6-5(7)2-3-9-6/h5-6H,2-3H2,1H3/t5-,6+/m1/s1. The van der Waals surface area contributed by atoms with Crippen molar-refractivity contribution in [2.45, 2.75) is 24.5 Å². The smallest absolute Gasteiger partial charge is 0.304 e. The Morgan fingerprint density at radius 2 is 2.50 bits per heavy atom. The Labute approximate surface area is 67.8 Å². The summed E-state index contributed by atoms with van der Waals surface area (Å²) in [6, 6.07) is 0. The maximum absolute atomic E-state index is 10.4. The predicted molar refractivity (Wildman–Crippen MR) is 38.8 cm³/mol. The number of hydrogen-bond acceptors (Lipinski definition) is 3. The molecule has 0 unspecified atom stereocenters. The summed E-state index contributed by atoms with van der Waals surface area (Å²) in [7, 11) is 0. The fourth-order valence-corrected chi connectivity index (χ4v) is 1.26. The highest BCUT2D eigenvalue weighted by atomic mass is 79.9. The molecule has 1 saturated heterocycles. The van der Waals surface area contributed by atoms with Gasteiger partial charge >= 0.3 is 5.97 Å². The maximum atomic E-state index is 10.4. The zero-order valence-corrected chi connectivity index (χ0v) is 7.26. The van der Waals surface area contributed by atoms with Crippen molar-refractivity contribution < 1.29 is 14.3 Å². The van der Waals surface area contributed by atoms with Crippen LogP contribution in [0.5, 0.6) is 0 Å². The van der Waals surface area contributed by atoms with Crippen LogP contribution in [0, 0.1) is 0 Å². The van der Waals surface area contributed by atoms with Crippen molar-refractivity contribution in [2.75, 3.05) is 6.61 Å². The third-order valence-corrected chi connectivity index (χ3v) is 2.14. The molecule has 3 nitrogen and oxygen atoms in total. The van der Waals surface area contributed by atoms with E-state index in [2.05, 4.69) is 15.9 Å². The Bertz CT molecular complexity index is 137. The van der Waals surface area contributed by atoms with Crippen LogP contribution in [0.25, 0.3) is 0 Å². The number of halogens is 1. The van der Waals surface area contributed by atoms with Gasteiger partial charge in [0.15, 0.2) is 0 Å². The number of alkyl halides is 1. The third kappa shape index (κ3) is 1.95. The lowest BCUT2D eigenvalue weighted by Crippen LogP contribution is -2.21.